The third kappa shape index (κ3) is 4.15. The minimum atomic E-state index is -1.09. The lowest BCUT2D eigenvalue weighted by Crippen LogP contribution is -2.55. The van der Waals surface area contributed by atoms with Gasteiger partial charge in [0.1, 0.15) is 11.5 Å². The summed E-state index contributed by atoms with van der Waals surface area (Å²) in [5.74, 6) is 0.0554. The minimum Gasteiger partial charge on any atom is -0.535 e. The van der Waals surface area contributed by atoms with Crippen LogP contribution in [0.5, 0.6) is 5.75 Å². The summed E-state index contributed by atoms with van der Waals surface area (Å²) in [6, 6.07) is 5.23. The van der Waals surface area contributed by atoms with Crippen molar-refractivity contribution >= 4 is 18.7 Å². The number of likely N-dealkylation sites (tertiary alicyclic amines) is 1. The summed E-state index contributed by atoms with van der Waals surface area (Å²) in [4.78, 5) is 26.2. The molecular weight excluding hydrogens is 333 g/mol. The van der Waals surface area contributed by atoms with Crippen molar-refractivity contribution in [2.45, 2.75) is 44.1 Å². The van der Waals surface area contributed by atoms with Gasteiger partial charge in [0.2, 0.25) is 0 Å². The van der Waals surface area contributed by atoms with Crippen LogP contribution in [0.4, 0.5) is 0 Å². The summed E-state index contributed by atoms with van der Waals surface area (Å²) in [5.41, 5.74) is 13.2. The largest absolute Gasteiger partial charge is 0.535 e. The second-order valence-corrected chi connectivity index (χ2v) is 7.42. The van der Waals surface area contributed by atoms with Gasteiger partial charge in [0.25, 0.3) is 0 Å². The van der Waals surface area contributed by atoms with Gasteiger partial charge >= 0.3 is 7.12 Å². The molecule has 0 saturated carbocycles. The average Bonchev–Trinajstić information content (AvgIpc) is 2.58. The van der Waals surface area contributed by atoms with Crippen LogP contribution in [0.3, 0.4) is 0 Å². The monoisotopic (exact) mass is 359 g/mol. The summed E-state index contributed by atoms with van der Waals surface area (Å²) in [5, 5.41) is 10.3. The van der Waals surface area contributed by atoms with E-state index >= 15 is 0 Å². The van der Waals surface area contributed by atoms with E-state index in [4.69, 9.17) is 16.1 Å². The number of nitrogens with two attached hydrogens (primary N) is 2. The zero-order valence-corrected chi connectivity index (χ0v) is 15.1. The van der Waals surface area contributed by atoms with Gasteiger partial charge in [0.05, 0.1) is 12.1 Å². The van der Waals surface area contributed by atoms with Gasteiger partial charge in [0, 0.05) is 37.4 Å². The highest BCUT2D eigenvalue weighted by Crippen LogP contribution is 2.36. The van der Waals surface area contributed by atoms with Crippen molar-refractivity contribution in [3.05, 3.63) is 29.3 Å². The van der Waals surface area contributed by atoms with Crippen molar-refractivity contribution in [3.63, 3.8) is 0 Å². The van der Waals surface area contributed by atoms with E-state index in [1.807, 2.05) is 11.0 Å². The Bertz CT molecular complexity index is 699. The number of nitrogens with zero attached hydrogens (tertiary/aromatic N) is 1. The van der Waals surface area contributed by atoms with E-state index in [-0.39, 0.29) is 35.9 Å². The number of hydrogen-bond acceptors (Lipinski definition) is 7. The molecule has 0 bridgehead atoms. The molecule has 1 aromatic carbocycles. The van der Waals surface area contributed by atoms with Gasteiger partial charge in [-0.15, -0.1) is 0 Å². The second-order valence-electron chi connectivity index (χ2n) is 7.42. The number of carbonyl (C=O) groups is 2. The molecule has 1 aromatic rings. The number of carbonyl (C=O) groups excluding carboxylic acids is 2. The van der Waals surface area contributed by atoms with Gasteiger partial charge in [-0.05, 0) is 31.4 Å². The summed E-state index contributed by atoms with van der Waals surface area (Å²) >= 11 is 0. The maximum Gasteiger partial charge on any atom is 0.526 e. The molecule has 2 aliphatic rings. The van der Waals surface area contributed by atoms with Crippen LogP contribution >= 0.6 is 0 Å². The molecule has 8 heteroatoms. The molecular formula is C18H26BN3O4. The van der Waals surface area contributed by atoms with Gasteiger partial charge in [-0.25, -0.2) is 0 Å². The number of hydrogen-bond donors (Lipinski definition) is 3. The molecule has 140 valence electrons. The van der Waals surface area contributed by atoms with Crippen LogP contribution in [0.15, 0.2) is 18.2 Å². The molecule has 1 fully saturated rings. The van der Waals surface area contributed by atoms with Crippen LogP contribution in [-0.2, 0) is 11.2 Å². The molecule has 0 amide bonds. The summed E-state index contributed by atoms with van der Waals surface area (Å²) in [6.45, 7) is 3.15. The first-order valence-corrected chi connectivity index (χ1v) is 9.08. The highest BCUT2D eigenvalue weighted by Gasteiger charge is 2.37. The van der Waals surface area contributed by atoms with E-state index < -0.39 is 7.12 Å². The Morgan fingerprint density at radius 2 is 2.12 bits per heavy atom. The molecule has 3 atom stereocenters. The van der Waals surface area contributed by atoms with Crippen LogP contribution in [0.25, 0.3) is 0 Å². The lowest BCUT2D eigenvalue weighted by Gasteiger charge is -2.34. The SMILES string of the molecule is CC(=O)c1cccc2c1OB(O)[C@@H](CC(=O)CN1CCC(N)C(N)C1)C2. The number of fused-ring (bicyclic) bond motifs is 1. The molecule has 0 aliphatic carbocycles. The summed E-state index contributed by atoms with van der Waals surface area (Å²) in [6.07, 6.45) is 1.52. The molecule has 3 rings (SSSR count). The number of Topliss-reactive ketones (excluding diaryl/α,β-unsaturated/α-hetero) is 2. The number of ketones is 2. The third-order valence-electron chi connectivity index (χ3n) is 5.29. The highest BCUT2D eigenvalue weighted by atomic mass is 16.5. The Kier molecular flexibility index (Phi) is 5.77. The Balaban J connectivity index is 1.61. The predicted octanol–water partition coefficient (Wildman–Crippen LogP) is -0.00570. The zero-order chi connectivity index (χ0) is 18.8. The maximum absolute atomic E-state index is 12.5. The fourth-order valence-electron chi connectivity index (χ4n) is 3.76. The zero-order valence-electron chi connectivity index (χ0n) is 15.1. The molecule has 26 heavy (non-hydrogen) atoms. The molecule has 7 nitrogen and oxygen atoms in total. The van der Waals surface area contributed by atoms with Crippen molar-refractivity contribution in [1.29, 1.82) is 0 Å². The molecule has 0 aromatic heterocycles. The van der Waals surface area contributed by atoms with E-state index in [1.54, 1.807) is 12.1 Å². The van der Waals surface area contributed by atoms with Crippen LogP contribution < -0.4 is 16.1 Å². The molecule has 2 unspecified atom stereocenters. The Hall–Kier alpha value is -1.74. The van der Waals surface area contributed by atoms with Crippen LogP contribution in [0.1, 0.15) is 35.7 Å². The molecule has 1 saturated heterocycles. The smallest absolute Gasteiger partial charge is 0.526 e. The van der Waals surface area contributed by atoms with Crippen molar-refractivity contribution in [1.82, 2.24) is 4.90 Å². The van der Waals surface area contributed by atoms with Crippen molar-refractivity contribution in [2.24, 2.45) is 11.5 Å². The van der Waals surface area contributed by atoms with E-state index in [9.17, 15) is 14.6 Å². The van der Waals surface area contributed by atoms with E-state index in [0.717, 1.165) is 18.5 Å². The molecule has 0 radical (unpaired) electrons. The van der Waals surface area contributed by atoms with Gasteiger partial charge in [-0.2, -0.15) is 0 Å². The van der Waals surface area contributed by atoms with Gasteiger partial charge in [-0.3, -0.25) is 14.5 Å². The number of rotatable bonds is 5. The summed E-state index contributed by atoms with van der Waals surface area (Å²) < 4.78 is 5.59. The first-order valence-electron chi connectivity index (χ1n) is 9.08. The lowest BCUT2D eigenvalue weighted by molar-refractivity contribution is -0.120. The highest BCUT2D eigenvalue weighted by molar-refractivity contribution is 6.47. The first-order chi connectivity index (χ1) is 12.3. The van der Waals surface area contributed by atoms with Gasteiger partial charge in [-0.1, -0.05) is 12.1 Å². The number of piperidine rings is 1. The molecule has 2 heterocycles. The molecule has 5 N–H and O–H groups in total. The Labute approximate surface area is 153 Å². The van der Waals surface area contributed by atoms with E-state index in [2.05, 4.69) is 0 Å². The maximum atomic E-state index is 12.5. The summed E-state index contributed by atoms with van der Waals surface area (Å²) in [7, 11) is -1.09. The van der Waals surface area contributed by atoms with Crippen molar-refractivity contribution < 1.29 is 19.3 Å². The van der Waals surface area contributed by atoms with E-state index in [1.165, 1.54) is 6.92 Å². The van der Waals surface area contributed by atoms with Crippen LogP contribution in [0, 0.1) is 0 Å². The normalized spacial score (nSPS) is 26.2. The second kappa shape index (κ2) is 7.88. The number of para-hydroxylation sites is 1. The predicted molar refractivity (Wildman–Crippen MR) is 99.1 cm³/mol. The molecule has 0 spiro atoms. The molecule has 2 aliphatic heterocycles. The first kappa shape index (κ1) is 19.0. The van der Waals surface area contributed by atoms with Crippen LogP contribution in [-0.4, -0.2) is 60.3 Å². The standard InChI is InChI=1S/C18H26BN3O4/c1-11(23)15-4-2-3-12-7-13(19(25)26-18(12)15)8-14(24)9-22-6-5-16(20)17(21)10-22/h2-4,13,16-17,25H,5-10,20-21H2,1H3/t13-,16?,17?/m1/s1. The van der Waals surface area contributed by atoms with Crippen molar-refractivity contribution in [2.75, 3.05) is 19.6 Å². The average molecular weight is 359 g/mol. The number of benzene rings is 1. The quantitative estimate of drug-likeness (QED) is 0.500. The Morgan fingerprint density at radius 3 is 2.81 bits per heavy atom. The minimum absolute atomic E-state index is 0.0121. The Morgan fingerprint density at radius 1 is 1.35 bits per heavy atom. The van der Waals surface area contributed by atoms with Crippen LogP contribution in [0.2, 0.25) is 5.82 Å². The van der Waals surface area contributed by atoms with Gasteiger partial charge < -0.3 is 21.1 Å². The topological polar surface area (TPSA) is 119 Å². The van der Waals surface area contributed by atoms with Gasteiger partial charge in [0.15, 0.2) is 5.78 Å². The van der Waals surface area contributed by atoms with E-state index in [0.29, 0.717) is 30.8 Å². The third-order valence-corrected chi connectivity index (χ3v) is 5.29. The fraction of sp³-hybridized carbons (Fsp3) is 0.556. The van der Waals surface area contributed by atoms with Crippen molar-refractivity contribution in [3.8, 4) is 5.75 Å². The fourth-order valence-corrected chi connectivity index (χ4v) is 3.76. The lowest BCUT2D eigenvalue weighted by atomic mass is 9.64.